The van der Waals surface area contributed by atoms with Gasteiger partial charge in [0.2, 0.25) is 5.88 Å². The molecule has 0 N–H and O–H groups in total. The third-order valence-electron chi connectivity index (χ3n) is 3.24. The number of rotatable bonds is 1. The normalized spacial score (nSPS) is 14.8. The summed E-state index contributed by atoms with van der Waals surface area (Å²) in [4.78, 5) is 16.5. The summed E-state index contributed by atoms with van der Waals surface area (Å²) in [5.41, 5.74) is 1.68. The minimum atomic E-state index is 0.206. The molecule has 0 aliphatic heterocycles. The van der Waals surface area contributed by atoms with Crippen LogP contribution >= 0.6 is 0 Å². The highest BCUT2D eigenvalue weighted by Gasteiger charge is 2.23. The van der Waals surface area contributed by atoms with Gasteiger partial charge in [-0.1, -0.05) is 18.2 Å². The lowest BCUT2D eigenvalue weighted by atomic mass is 9.91. The SMILES string of the molecule is COc1nc2c(c3ccccc13)C(=O)CCC2. The molecule has 3 nitrogen and oxygen atoms in total. The van der Waals surface area contributed by atoms with Crippen molar-refractivity contribution in [3.8, 4) is 5.88 Å². The van der Waals surface area contributed by atoms with Crippen LogP contribution in [0, 0.1) is 0 Å². The molecule has 0 bridgehead atoms. The van der Waals surface area contributed by atoms with Crippen LogP contribution in [-0.4, -0.2) is 17.9 Å². The van der Waals surface area contributed by atoms with Crippen molar-refractivity contribution in [3.05, 3.63) is 35.5 Å². The Kier molecular flexibility index (Phi) is 2.32. The molecule has 0 radical (unpaired) electrons. The minimum Gasteiger partial charge on any atom is -0.481 e. The minimum absolute atomic E-state index is 0.206. The highest BCUT2D eigenvalue weighted by atomic mass is 16.5. The van der Waals surface area contributed by atoms with Gasteiger partial charge < -0.3 is 4.74 Å². The van der Waals surface area contributed by atoms with Crippen LogP contribution in [0.1, 0.15) is 28.9 Å². The van der Waals surface area contributed by atoms with Crippen LogP contribution in [0.15, 0.2) is 24.3 Å². The molecule has 0 saturated heterocycles. The molecular weight excluding hydrogens is 214 g/mol. The highest BCUT2D eigenvalue weighted by Crippen LogP contribution is 2.32. The number of carbonyl (C=O) groups is 1. The van der Waals surface area contributed by atoms with Crippen molar-refractivity contribution in [2.45, 2.75) is 19.3 Å². The van der Waals surface area contributed by atoms with E-state index in [9.17, 15) is 4.79 Å². The molecule has 0 atom stereocenters. The van der Waals surface area contributed by atoms with E-state index in [4.69, 9.17) is 4.74 Å². The molecule has 1 aliphatic carbocycles. The number of carbonyl (C=O) groups excluding carboxylic acids is 1. The first kappa shape index (κ1) is 10.3. The van der Waals surface area contributed by atoms with Gasteiger partial charge in [0.1, 0.15) is 0 Å². The lowest BCUT2D eigenvalue weighted by molar-refractivity contribution is 0.0973. The van der Waals surface area contributed by atoms with E-state index in [1.807, 2.05) is 24.3 Å². The standard InChI is InChI=1S/C14H13NO2/c1-17-14-10-6-3-2-5-9(10)13-11(15-14)7-4-8-12(13)16/h2-3,5-6H,4,7-8H2,1H3. The van der Waals surface area contributed by atoms with Crippen molar-refractivity contribution < 1.29 is 9.53 Å². The number of ether oxygens (including phenoxy) is 1. The number of fused-ring (bicyclic) bond motifs is 3. The molecule has 1 aromatic heterocycles. The van der Waals surface area contributed by atoms with Crippen LogP contribution in [-0.2, 0) is 6.42 Å². The Hall–Kier alpha value is -1.90. The maximum Gasteiger partial charge on any atom is 0.221 e. The van der Waals surface area contributed by atoms with Gasteiger partial charge in [0.05, 0.1) is 12.8 Å². The van der Waals surface area contributed by atoms with E-state index in [1.165, 1.54) is 0 Å². The van der Waals surface area contributed by atoms with E-state index in [0.717, 1.165) is 34.9 Å². The summed E-state index contributed by atoms with van der Waals surface area (Å²) in [6.07, 6.45) is 2.38. The van der Waals surface area contributed by atoms with Crippen LogP contribution in [0.4, 0.5) is 0 Å². The van der Waals surface area contributed by atoms with Crippen LogP contribution in [0.2, 0.25) is 0 Å². The van der Waals surface area contributed by atoms with Crippen molar-refractivity contribution >= 4 is 16.6 Å². The van der Waals surface area contributed by atoms with Gasteiger partial charge in [-0.2, -0.15) is 0 Å². The second-order valence-corrected chi connectivity index (χ2v) is 4.27. The Morgan fingerprint density at radius 1 is 1.18 bits per heavy atom. The van der Waals surface area contributed by atoms with Gasteiger partial charge in [0, 0.05) is 17.4 Å². The van der Waals surface area contributed by atoms with E-state index < -0.39 is 0 Å². The molecule has 1 aromatic carbocycles. The van der Waals surface area contributed by atoms with Crippen LogP contribution in [0.5, 0.6) is 5.88 Å². The zero-order valence-electron chi connectivity index (χ0n) is 9.69. The molecule has 0 unspecified atom stereocenters. The second kappa shape index (κ2) is 3.84. The summed E-state index contributed by atoms with van der Waals surface area (Å²) in [5.74, 6) is 0.826. The van der Waals surface area contributed by atoms with Crippen LogP contribution in [0.3, 0.4) is 0 Å². The average Bonchev–Trinajstić information content (AvgIpc) is 2.37. The Morgan fingerprint density at radius 2 is 1.94 bits per heavy atom. The van der Waals surface area contributed by atoms with Crippen molar-refractivity contribution in [3.63, 3.8) is 0 Å². The van der Waals surface area contributed by atoms with Gasteiger partial charge in [0.15, 0.2) is 5.78 Å². The van der Waals surface area contributed by atoms with E-state index in [1.54, 1.807) is 7.11 Å². The third kappa shape index (κ3) is 1.50. The molecule has 2 aromatic rings. The number of benzene rings is 1. The average molecular weight is 227 g/mol. The van der Waals surface area contributed by atoms with Crippen LogP contribution < -0.4 is 4.74 Å². The summed E-state index contributed by atoms with van der Waals surface area (Å²) < 4.78 is 5.31. The number of pyridine rings is 1. The van der Waals surface area contributed by atoms with Gasteiger partial charge in [-0.25, -0.2) is 4.98 Å². The number of ketones is 1. The highest BCUT2D eigenvalue weighted by molar-refractivity contribution is 6.10. The molecule has 0 saturated carbocycles. The molecule has 0 spiro atoms. The predicted molar refractivity (Wildman–Crippen MR) is 65.6 cm³/mol. The Labute approximate surface area is 99.4 Å². The second-order valence-electron chi connectivity index (χ2n) is 4.27. The number of aryl methyl sites for hydroxylation is 1. The van der Waals surface area contributed by atoms with E-state index >= 15 is 0 Å². The zero-order valence-corrected chi connectivity index (χ0v) is 9.69. The molecule has 86 valence electrons. The first-order valence-corrected chi connectivity index (χ1v) is 5.80. The fourth-order valence-electron chi connectivity index (χ4n) is 2.47. The molecule has 3 heteroatoms. The topological polar surface area (TPSA) is 39.2 Å². The first-order chi connectivity index (χ1) is 8.31. The number of hydrogen-bond donors (Lipinski definition) is 0. The largest absolute Gasteiger partial charge is 0.481 e. The molecular formula is C14H13NO2. The summed E-state index contributed by atoms with van der Waals surface area (Å²) >= 11 is 0. The van der Waals surface area contributed by atoms with Crippen molar-refractivity contribution in [2.75, 3.05) is 7.11 Å². The number of Topliss-reactive ketones (excluding diaryl/α,β-unsaturated/α-hetero) is 1. The Bertz CT molecular complexity index is 604. The molecule has 1 heterocycles. The number of methoxy groups -OCH3 is 1. The molecule has 0 fully saturated rings. The van der Waals surface area contributed by atoms with E-state index in [-0.39, 0.29) is 5.78 Å². The third-order valence-corrected chi connectivity index (χ3v) is 3.24. The number of aromatic nitrogens is 1. The summed E-state index contributed by atoms with van der Waals surface area (Å²) in [6.45, 7) is 0. The fourth-order valence-corrected chi connectivity index (χ4v) is 2.47. The van der Waals surface area contributed by atoms with Gasteiger partial charge >= 0.3 is 0 Å². The Balaban J connectivity index is 2.41. The Morgan fingerprint density at radius 3 is 2.71 bits per heavy atom. The summed E-state index contributed by atoms with van der Waals surface area (Å²) in [6, 6.07) is 7.81. The molecule has 1 aliphatic rings. The number of nitrogens with zero attached hydrogens (tertiary/aromatic N) is 1. The summed E-state index contributed by atoms with van der Waals surface area (Å²) in [5, 5.41) is 1.89. The van der Waals surface area contributed by atoms with Gasteiger partial charge in [-0.15, -0.1) is 0 Å². The van der Waals surface area contributed by atoms with Crippen molar-refractivity contribution in [2.24, 2.45) is 0 Å². The first-order valence-electron chi connectivity index (χ1n) is 5.80. The van der Waals surface area contributed by atoms with E-state index in [0.29, 0.717) is 12.3 Å². The predicted octanol–water partition coefficient (Wildman–Crippen LogP) is 2.76. The quantitative estimate of drug-likeness (QED) is 0.752. The molecule has 3 rings (SSSR count). The maximum atomic E-state index is 12.0. The maximum absolute atomic E-state index is 12.0. The lowest BCUT2D eigenvalue weighted by Gasteiger charge is -2.17. The van der Waals surface area contributed by atoms with Gasteiger partial charge in [-0.3, -0.25) is 4.79 Å². The monoisotopic (exact) mass is 227 g/mol. The molecule has 17 heavy (non-hydrogen) atoms. The van der Waals surface area contributed by atoms with E-state index in [2.05, 4.69) is 4.98 Å². The zero-order chi connectivity index (χ0) is 11.8. The molecule has 0 amide bonds. The van der Waals surface area contributed by atoms with Crippen molar-refractivity contribution in [1.82, 2.24) is 4.98 Å². The summed E-state index contributed by atoms with van der Waals surface area (Å²) in [7, 11) is 1.62. The van der Waals surface area contributed by atoms with Gasteiger partial charge in [0.25, 0.3) is 0 Å². The van der Waals surface area contributed by atoms with Crippen molar-refractivity contribution in [1.29, 1.82) is 0 Å². The smallest absolute Gasteiger partial charge is 0.221 e. The van der Waals surface area contributed by atoms with Crippen LogP contribution in [0.25, 0.3) is 10.8 Å². The lowest BCUT2D eigenvalue weighted by Crippen LogP contribution is -2.14. The fraction of sp³-hybridized carbons (Fsp3) is 0.286. The van der Waals surface area contributed by atoms with Gasteiger partial charge in [-0.05, 0) is 24.3 Å². The number of hydrogen-bond acceptors (Lipinski definition) is 3.